The molecule has 0 unspecified atom stereocenters. The van der Waals surface area contributed by atoms with Crippen LogP contribution in [0, 0.1) is 0 Å². The third-order valence-electron chi connectivity index (χ3n) is 2.40. The monoisotopic (exact) mass is 218 g/mol. The topological polar surface area (TPSA) is 52.7 Å². The maximum absolute atomic E-state index is 11.8. The van der Waals surface area contributed by atoms with Crippen LogP contribution in [-0.4, -0.2) is 25.3 Å². The van der Waals surface area contributed by atoms with Gasteiger partial charge in [0.05, 0.1) is 18.0 Å². The predicted molar refractivity (Wildman–Crippen MR) is 59.1 cm³/mol. The zero-order chi connectivity index (χ0) is 11.5. The third kappa shape index (κ3) is 2.18. The normalized spacial score (nSPS) is 10.6. The molecule has 0 saturated carbocycles. The Balaban J connectivity index is 2.07. The van der Waals surface area contributed by atoms with E-state index in [0.717, 1.165) is 12.1 Å². The van der Waals surface area contributed by atoms with E-state index in [9.17, 15) is 4.79 Å². The highest BCUT2D eigenvalue weighted by Gasteiger charge is 2.10. The van der Waals surface area contributed by atoms with E-state index in [-0.39, 0.29) is 5.78 Å². The molecule has 2 aromatic heterocycles. The van der Waals surface area contributed by atoms with Gasteiger partial charge in [-0.05, 0) is 12.5 Å². The highest BCUT2D eigenvalue weighted by atomic mass is 16.1. The lowest BCUT2D eigenvalue weighted by atomic mass is 10.1. The van der Waals surface area contributed by atoms with Gasteiger partial charge in [-0.25, -0.2) is 0 Å². The number of rotatable bonds is 4. The molecular weight excluding hydrogens is 204 g/mol. The Morgan fingerprint density at radius 2 is 2.12 bits per heavy atom. The van der Waals surface area contributed by atoms with E-state index in [1.54, 1.807) is 30.3 Å². The molecule has 84 valence electrons. The Kier molecular flexibility index (Phi) is 2.85. The second-order valence-electron chi connectivity index (χ2n) is 3.71. The molecule has 5 nitrogen and oxygen atoms in total. The number of aromatic nitrogens is 4. The Morgan fingerprint density at radius 1 is 1.31 bits per heavy atom. The lowest BCUT2D eigenvalue weighted by molar-refractivity contribution is 0.0993. The molecule has 0 amide bonds. The van der Waals surface area contributed by atoms with Crippen LogP contribution in [0.3, 0.4) is 0 Å². The SMILES string of the molecule is CCn1cc(CC(=O)c2cnn(C)c2)cn1. The summed E-state index contributed by atoms with van der Waals surface area (Å²) in [5, 5.41) is 8.11. The van der Waals surface area contributed by atoms with Gasteiger partial charge in [0.15, 0.2) is 5.78 Å². The van der Waals surface area contributed by atoms with Crippen LogP contribution in [0.5, 0.6) is 0 Å². The summed E-state index contributed by atoms with van der Waals surface area (Å²) >= 11 is 0. The molecule has 0 atom stereocenters. The van der Waals surface area contributed by atoms with Crippen LogP contribution in [0.1, 0.15) is 22.8 Å². The van der Waals surface area contributed by atoms with Crippen molar-refractivity contribution in [2.75, 3.05) is 0 Å². The van der Waals surface area contributed by atoms with Crippen LogP contribution < -0.4 is 0 Å². The van der Waals surface area contributed by atoms with Crippen LogP contribution in [0.25, 0.3) is 0 Å². The molecule has 0 bridgehead atoms. The minimum atomic E-state index is 0.0729. The summed E-state index contributed by atoms with van der Waals surface area (Å²) in [4.78, 5) is 11.8. The smallest absolute Gasteiger partial charge is 0.170 e. The molecule has 0 N–H and O–H groups in total. The fourth-order valence-corrected chi connectivity index (χ4v) is 1.52. The van der Waals surface area contributed by atoms with Gasteiger partial charge in [-0.15, -0.1) is 0 Å². The quantitative estimate of drug-likeness (QED) is 0.721. The van der Waals surface area contributed by atoms with Gasteiger partial charge in [0.2, 0.25) is 0 Å². The van der Waals surface area contributed by atoms with Crippen molar-refractivity contribution in [1.82, 2.24) is 19.6 Å². The molecule has 0 aromatic carbocycles. The number of hydrogen-bond donors (Lipinski definition) is 0. The van der Waals surface area contributed by atoms with Crippen molar-refractivity contribution in [3.8, 4) is 0 Å². The van der Waals surface area contributed by atoms with Gasteiger partial charge >= 0.3 is 0 Å². The molecule has 0 aliphatic carbocycles. The molecule has 16 heavy (non-hydrogen) atoms. The number of carbonyl (C=O) groups is 1. The molecular formula is C11H14N4O. The molecule has 5 heteroatoms. The predicted octanol–water partition coefficient (Wildman–Crippen LogP) is 1.06. The van der Waals surface area contributed by atoms with Gasteiger partial charge in [-0.2, -0.15) is 10.2 Å². The zero-order valence-corrected chi connectivity index (χ0v) is 9.42. The highest BCUT2D eigenvalue weighted by molar-refractivity contribution is 5.96. The summed E-state index contributed by atoms with van der Waals surface area (Å²) in [7, 11) is 1.80. The van der Waals surface area contributed by atoms with E-state index in [1.165, 1.54) is 0 Å². The first-order valence-corrected chi connectivity index (χ1v) is 5.22. The van der Waals surface area contributed by atoms with Gasteiger partial charge in [-0.1, -0.05) is 0 Å². The number of ketones is 1. The third-order valence-corrected chi connectivity index (χ3v) is 2.40. The number of Topliss-reactive ketones (excluding diaryl/α,β-unsaturated/α-hetero) is 1. The van der Waals surface area contributed by atoms with Gasteiger partial charge in [0.1, 0.15) is 0 Å². The Morgan fingerprint density at radius 3 is 2.69 bits per heavy atom. The molecule has 0 radical (unpaired) electrons. The summed E-state index contributed by atoms with van der Waals surface area (Å²) in [6.45, 7) is 2.83. The fourth-order valence-electron chi connectivity index (χ4n) is 1.52. The van der Waals surface area contributed by atoms with Gasteiger partial charge in [-0.3, -0.25) is 14.2 Å². The number of hydrogen-bond acceptors (Lipinski definition) is 3. The van der Waals surface area contributed by atoms with E-state index >= 15 is 0 Å². The summed E-state index contributed by atoms with van der Waals surface area (Å²) < 4.78 is 3.44. The minimum absolute atomic E-state index is 0.0729. The summed E-state index contributed by atoms with van der Waals surface area (Å²) in [5.74, 6) is 0.0729. The molecule has 0 saturated heterocycles. The van der Waals surface area contributed by atoms with Crippen molar-refractivity contribution in [1.29, 1.82) is 0 Å². The molecule has 0 spiro atoms. The average Bonchev–Trinajstić information content (AvgIpc) is 2.87. The fraction of sp³-hybridized carbons (Fsp3) is 0.364. The van der Waals surface area contributed by atoms with Crippen molar-refractivity contribution >= 4 is 5.78 Å². The van der Waals surface area contributed by atoms with Crippen molar-refractivity contribution < 1.29 is 4.79 Å². The first kappa shape index (κ1) is 10.6. The van der Waals surface area contributed by atoms with Gasteiger partial charge < -0.3 is 0 Å². The van der Waals surface area contributed by atoms with E-state index in [2.05, 4.69) is 10.2 Å². The molecule has 0 aliphatic rings. The highest BCUT2D eigenvalue weighted by Crippen LogP contribution is 2.06. The largest absolute Gasteiger partial charge is 0.294 e. The van der Waals surface area contributed by atoms with Gasteiger partial charge in [0, 0.05) is 32.4 Å². The lowest BCUT2D eigenvalue weighted by Crippen LogP contribution is -2.01. The average molecular weight is 218 g/mol. The summed E-state index contributed by atoms with van der Waals surface area (Å²) in [5.41, 5.74) is 1.59. The van der Waals surface area contributed by atoms with Crippen molar-refractivity contribution in [3.05, 3.63) is 35.9 Å². The van der Waals surface area contributed by atoms with Gasteiger partial charge in [0.25, 0.3) is 0 Å². The molecule has 0 fully saturated rings. The maximum Gasteiger partial charge on any atom is 0.170 e. The zero-order valence-electron chi connectivity index (χ0n) is 9.42. The second-order valence-corrected chi connectivity index (χ2v) is 3.71. The second kappa shape index (κ2) is 4.30. The molecule has 2 heterocycles. The van der Waals surface area contributed by atoms with Crippen LogP contribution in [0.2, 0.25) is 0 Å². The molecule has 0 aliphatic heterocycles. The summed E-state index contributed by atoms with van der Waals surface area (Å²) in [6, 6.07) is 0. The first-order valence-electron chi connectivity index (χ1n) is 5.22. The Bertz CT molecular complexity index is 498. The van der Waals surface area contributed by atoms with Crippen molar-refractivity contribution in [3.63, 3.8) is 0 Å². The van der Waals surface area contributed by atoms with E-state index < -0.39 is 0 Å². The Hall–Kier alpha value is -1.91. The van der Waals surface area contributed by atoms with Crippen LogP contribution in [0.4, 0.5) is 0 Å². The van der Waals surface area contributed by atoms with E-state index in [1.807, 2.05) is 17.8 Å². The minimum Gasteiger partial charge on any atom is -0.294 e. The maximum atomic E-state index is 11.8. The standard InChI is InChI=1S/C11H14N4O/c1-3-15-7-9(5-13-15)4-11(16)10-6-12-14(2)8-10/h5-8H,3-4H2,1-2H3. The van der Waals surface area contributed by atoms with E-state index in [0.29, 0.717) is 12.0 Å². The molecule has 2 aromatic rings. The molecule has 2 rings (SSSR count). The van der Waals surface area contributed by atoms with Crippen molar-refractivity contribution in [2.24, 2.45) is 7.05 Å². The number of nitrogens with zero attached hydrogens (tertiary/aromatic N) is 4. The Labute approximate surface area is 93.7 Å². The van der Waals surface area contributed by atoms with E-state index in [4.69, 9.17) is 0 Å². The number of carbonyl (C=O) groups excluding carboxylic acids is 1. The van der Waals surface area contributed by atoms with Crippen LogP contribution >= 0.6 is 0 Å². The lowest BCUT2D eigenvalue weighted by Gasteiger charge is -1.94. The summed E-state index contributed by atoms with van der Waals surface area (Å²) in [6.07, 6.45) is 7.33. The van der Waals surface area contributed by atoms with Crippen LogP contribution in [-0.2, 0) is 20.0 Å². The van der Waals surface area contributed by atoms with Crippen molar-refractivity contribution in [2.45, 2.75) is 19.9 Å². The first-order chi connectivity index (χ1) is 7.69. The number of aryl methyl sites for hydroxylation is 2. The van der Waals surface area contributed by atoms with Crippen LogP contribution in [0.15, 0.2) is 24.8 Å².